The van der Waals surface area contributed by atoms with Crippen LogP contribution < -0.4 is 0 Å². The summed E-state index contributed by atoms with van der Waals surface area (Å²) in [6, 6.07) is 3.40. The third-order valence-corrected chi connectivity index (χ3v) is 2.87. The first-order valence-corrected chi connectivity index (χ1v) is 5.17. The van der Waals surface area contributed by atoms with Gasteiger partial charge in [-0.1, -0.05) is 11.6 Å². The van der Waals surface area contributed by atoms with E-state index in [2.05, 4.69) is 0 Å². The summed E-state index contributed by atoms with van der Waals surface area (Å²) in [6.07, 6.45) is 1.25. The van der Waals surface area contributed by atoms with Crippen LogP contribution in [0.15, 0.2) is 12.1 Å². The molecule has 0 atom stereocenters. The minimum Gasteiger partial charge on any atom is -0.335 e. The van der Waals surface area contributed by atoms with Crippen LogP contribution in [-0.4, -0.2) is 23.6 Å². The van der Waals surface area contributed by atoms with E-state index in [0.29, 0.717) is 23.7 Å². The number of halogens is 1. The van der Waals surface area contributed by atoms with Crippen molar-refractivity contribution < 1.29 is 4.79 Å². The Morgan fingerprint density at radius 1 is 1.60 bits per heavy atom. The number of nitrogens with zero attached hydrogens (tertiary/aromatic N) is 1. The van der Waals surface area contributed by atoms with Crippen molar-refractivity contribution in [2.24, 2.45) is 0 Å². The molecule has 1 heterocycles. The zero-order chi connectivity index (χ0) is 11.0. The SMILES string of the molecule is CCN1Cc2c(C=N)cc(Cl)cc2C1=O. The van der Waals surface area contributed by atoms with Crippen molar-refractivity contribution in [1.82, 2.24) is 4.90 Å². The molecule has 0 spiro atoms. The summed E-state index contributed by atoms with van der Waals surface area (Å²) in [5.74, 6) is 0.0121. The topological polar surface area (TPSA) is 44.2 Å². The van der Waals surface area contributed by atoms with Gasteiger partial charge in [-0.05, 0) is 30.2 Å². The van der Waals surface area contributed by atoms with Crippen molar-refractivity contribution in [1.29, 1.82) is 5.41 Å². The Labute approximate surface area is 93.2 Å². The fourth-order valence-corrected chi connectivity index (χ4v) is 2.07. The molecule has 0 saturated heterocycles. The molecule has 78 valence electrons. The van der Waals surface area contributed by atoms with Gasteiger partial charge in [0.2, 0.25) is 0 Å². The maximum absolute atomic E-state index is 11.8. The normalized spacial score (nSPS) is 14.3. The predicted molar refractivity (Wildman–Crippen MR) is 59.8 cm³/mol. The molecule has 1 amide bonds. The molecule has 1 aliphatic rings. The van der Waals surface area contributed by atoms with Crippen LogP contribution in [0.1, 0.15) is 28.4 Å². The molecule has 0 saturated carbocycles. The summed E-state index contributed by atoms with van der Waals surface area (Å²) >= 11 is 5.89. The standard InChI is InChI=1S/C11H11ClN2O/c1-2-14-6-10-7(5-13)3-8(12)4-9(10)11(14)15/h3-5,13H,2,6H2,1H3. The molecule has 1 aromatic rings. The summed E-state index contributed by atoms with van der Waals surface area (Å²) in [7, 11) is 0. The van der Waals surface area contributed by atoms with Crippen molar-refractivity contribution in [3.63, 3.8) is 0 Å². The van der Waals surface area contributed by atoms with Gasteiger partial charge in [0.15, 0.2) is 0 Å². The summed E-state index contributed by atoms with van der Waals surface area (Å²) in [6.45, 7) is 3.21. The highest BCUT2D eigenvalue weighted by atomic mass is 35.5. The van der Waals surface area contributed by atoms with E-state index in [4.69, 9.17) is 17.0 Å². The number of hydrogen-bond donors (Lipinski definition) is 1. The summed E-state index contributed by atoms with van der Waals surface area (Å²) < 4.78 is 0. The maximum atomic E-state index is 11.8. The number of nitrogens with one attached hydrogen (secondary N) is 1. The average molecular weight is 223 g/mol. The molecule has 1 aliphatic heterocycles. The fourth-order valence-electron chi connectivity index (χ4n) is 1.84. The van der Waals surface area contributed by atoms with Crippen LogP contribution >= 0.6 is 11.6 Å². The first-order chi connectivity index (χ1) is 7.17. The highest BCUT2D eigenvalue weighted by Crippen LogP contribution is 2.28. The van der Waals surface area contributed by atoms with Crippen LogP contribution in [0.3, 0.4) is 0 Å². The monoisotopic (exact) mass is 222 g/mol. The largest absolute Gasteiger partial charge is 0.335 e. The molecule has 0 radical (unpaired) electrons. The van der Waals surface area contributed by atoms with E-state index in [1.807, 2.05) is 6.92 Å². The molecule has 0 fully saturated rings. The second kappa shape index (κ2) is 3.66. The van der Waals surface area contributed by atoms with Gasteiger partial charge in [-0.3, -0.25) is 4.79 Å². The van der Waals surface area contributed by atoms with E-state index in [1.54, 1.807) is 17.0 Å². The van der Waals surface area contributed by atoms with Crippen LogP contribution in [-0.2, 0) is 6.54 Å². The Morgan fingerprint density at radius 2 is 2.33 bits per heavy atom. The van der Waals surface area contributed by atoms with Gasteiger partial charge in [-0.2, -0.15) is 0 Å². The Kier molecular flexibility index (Phi) is 2.49. The van der Waals surface area contributed by atoms with Gasteiger partial charge in [-0.25, -0.2) is 0 Å². The second-order valence-corrected chi connectivity index (χ2v) is 3.92. The van der Waals surface area contributed by atoms with E-state index < -0.39 is 0 Å². The van der Waals surface area contributed by atoms with E-state index in [0.717, 1.165) is 11.1 Å². The van der Waals surface area contributed by atoms with Crippen molar-refractivity contribution in [2.75, 3.05) is 6.54 Å². The van der Waals surface area contributed by atoms with Crippen molar-refractivity contribution in [3.05, 3.63) is 33.8 Å². The van der Waals surface area contributed by atoms with Crippen LogP contribution in [0.2, 0.25) is 5.02 Å². The Morgan fingerprint density at radius 3 is 2.93 bits per heavy atom. The molecule has 3 nitrogen and oxygen atoms in total. The molecule has 1 aromatic carbocycles. The quantitative estimate of drug-likeness (QED) is 0.767. The molecule has 2 rings (SSSR count). The molecule has 0 unspecified atom stereocenters. The summed E-state index contributed by atoms with van der Waals surface area (Å²) in [5, 5.41) is 7.80. The Bertz CT molecular complexity index is 442. The smallest absolute Gasteiger partial charge is 0.254 e. The Hall–Kier alpha value is -1.35. The lowest BCUT2D eigenvalue weighted by molar-refractivity contribution is 0.0787. The summed E-state index contributed by atoms with van der Waals surface area (Å²) in [4.78, 5) is 13.6. The minimum atomic E-state index is 0.0121. The molecule has 0 bridgehead atoms. The van der Waals surface area contributed by atoms with E-state index in [1.165, 1.54) is 6.21 Å². The van der Waals surface area contributed by atoms with E-state index in [9.17, 15) is 4.79 Å². The first kappa shape index (κ1) is 10.2. The molecule has 1 N–H and O–H groups in total. The zero-order valence-corrected chi connectivity index (χ0v) is 9.14. The number of fused-ring (bicyclic) bond motifs is 1. The second-order valence-electron chi connectivity index (χ2n) is 3.48. The number of amides is 1. The number of hydrogen-bond acceptors (Lipinski definition) is 2. The molecular weight excluding hydrogens is 212 g/mol. The first-order valence-electron chi connectivity index (χ1n) is 4.79. The lowest BCUT2D eigenvalue weighted by Crippen LogP contribution is -2.22. The van der Waals surface area contributed by atoms with Gasteiger partial charge in [0.05, 0.1) is 0 Å². The molecule has 4 heteroatoms. The van der Waals surface area contributed by atoms with Gasteiger partial charge in [-0.15, -0.1) is 0 Å². The number of carbonyl (C=O) groups is 1. The van der Waals surface area contributed by atoms with Crippen molar-refractivity contribution >= 4 is 23.7 Å². The third kappa shape index (κ3) is 1.53. The van der Waals surface area contributed by atoms with Crippen molar-refractivity contribution in [2.45, 2.75) is 13.5 Å². The molecule has 0 aromatic heterocycles. The third-order valence-electron chi connectivity index (χ3n) is 2.65. The van der Waals surface area contributed by atoms with Crippen LogP contribution in [0.25, 0.3) is 0 Å². The van der Waals surface area contributed by atoms with E-state index in [-0.39, 0.29) is 5.91 Å². The predicted octanol–water partition coefficient (Wildman–Crippen LogP) is 2.31. The molecular formula is C11H11ClN2O. The van der Waals surface area contributed by atoms with E-state index >= 15 is 0 Å². The minimum absolute atomic E-state index is 0.0121. The van der Waals surface area contributed by atoms with Crippen molar-refractivity contribution in [3.8, 4) is 0 Å². The highest BCUT2D eigenvalue weighted by Gasteiger charge is 2.28. The fraction of sp³-hybridized carbons (Fsp3) is 0.273. The number of rotatable bonds is 2. The van der Waals surface area contributed by atoms with Crippen LogP contribution in [0.5, 0.6) is 0 Å². The average Bonchev–Trinajstić information content (AvgIpc) is 2.55. The lowest BCUT2D eigenvalue weighted by Gasteiger charge is -2.11. The van der Waals surface area contributed by atoms with Gasteiger partial charge < -0.3 is 10.3 Å². The van der Waals surface area contributed by atoms with Gasteiger partial charge >= 0.3 is 0 Å². The lowest BCUT2D eigenvalue weighted by atomic mass is 10.0. The zero-order valence-electron chi connectivity index (χ0n) is 8.38. The Balaban J connectivity index is 2.58. The van der Waals surface area contributed by atoms with Crippen LogP contribution in [0, 0.1) is 5.41 Å². The van der Waals surface area contributed by atoms with Gasteiger partial charge in [0, 0.05) is 29.9 Å². The number of carbonyl (C=O) groups excluding carboxylic acids is 1. The number of benzene rings is 1. The summed E-state index contributed by atoms with van der Waals surface area (Å²) in [5.41, 5.74) is 2.30. The van der Waals surface area contributed by atoms with Gasteiger partial charge in [0.25, 0.3) is 5.91 Å². The maximum Gasteiger partial charge on any atom is 0.254 e. The van der Waals surface area contributed by atoms with Gasteiger partial charge in [0.1, 0.15) is 0 Å². The highest BCUT2D eigenvalue weighted by molar-refractivity contribution is 6.31. The molecule has 15 heavy (non-hydrogen) atoms. The molecule has 0 aliphatic carbocycles. The van der Waals surface area contributed by atoms with Crippen LogP contribution in [0.4, 0.5) is 0 Å².